The van der Waals surface area contributed by atoms with E-state index in [-0.39, 0.29) is 47.6 Å². The zero-order valence-corrected chi connectivity index (χ0v) is 26.1. The molecule has 4 rings (SSSR count). The number of rotatable bonds is 14. The summed E-state index contributed by atoms with van der Waals surface area (Å²) in [7, 11) is 0. The van der Waals surface area contributed by atoms with Crippen LogP contribution in [-0.2, 0) is 19.1 Å². The fourth-order valence-electron chi connectivity index (χ4n) is 6.54. The highest BCUT2D eigenvalue weighted by Crippen LogP contribution is 2.68. The molecule has 0 saturated carbocycles. The van der Waals surface area contributed by atoms with E-state index in [1.54, 1.807) is 39.8 Å². The molecule has 218 valence electrons. The lowest BCUT2D eigenvalue weighted by Gasteiger charge is -2.38. The Bertz CT molecular complexity index is 1130. The maximum atomic E-state index is 14.7. The predicted octanol–water partition coefficient (Wildman–Crippen LogP) is 5.30. The number of carbonyl (C=O) groups is 3. The first kappa shape index (κ1) is 31.1. The summed E-state index contributed by atoms with van der Waals surface area (Å²) < 4.78 is 4.83. The Morgan fingerprint density at radius 2 is 2.02 bits per heavy atom. The number of thioether (sulfide) groups is 1. The summed E-state index contributed by atoms with van der Waals surface area (Å²) in [6, 6.07) is 4.74. The van der Waals surface area contributed by atoms with Crippen LogP contribution in [0.15, 0.2) is 43.5 Å². The quantitative estimate of drug-likeness (QED) is 0.127. The van der Waals surface area contributed by atoms with Crippen molar-refractivity contribution < 1.29 is 24.2 Å². The zero-order chi connectivity index (χ0) is 29.0. The second kappa shape index (κ2) is 13.4. The topological polar surface area (TPSA) is 87.2 Å². The summed E-state index contributed by atoms with van der Waals surface area (Å²) in [4.78, 5) is 45.6. The van der Waals surface area contributed by atoms with Crippen LogP contribution in [0.5, 0.6) is 0 Å². The highest BCUT2D eigenvalue weighted by atomic mass is 79.9. The standard InChI is InChI=1S/C30H38BrClN2O5S/c1-4-6-17-39-29(38)22-23-27(36)34(15-9-7-8-10-16-35)26(30(23)18-20(31)25(22)40-30)28(37)33(14-5-2)24-19(3)12-11-13-21(24)32/h4-5,11-13,20,22-23,25-26,35H,1-2,6-10,14-18H2,3H3/t20?,22-,23+,25-,26?,30?/m1/s1. The third-order valence-electron chi connectivity index (χ3n) is 8.20. The highest BCUT2D eigenvalue weighted by Gasteiger charge is 2.76. The van der Waals surface area contributed by atoms with Gasteiger partial charge in [0.1, 0.15) is 6.04 Å². The normalized spacial score (nSPS) is 28.4. The summed E-state index contributed by atoms with van der Waals surface area (Å²) in [6.45, 7) is 10.5. The first-order valence-electron chi connectivity index (χ1n) is 13.9. The van der Waals surface area contributed by atoms with Gasteiger partial charge in [0.25, 0.3) is 5.91 Å². The number of halogens is 2. The molecule has 1 spiro atoms. The lowest BCUT2D eigenvalue weighted by Crippen LogP contribution is -2.55. The van der Waals surface area contributed by atoms with Gasteiger partial charge in [-0.3, -0.25) is 14.4 Å². The van der Waals surface area contributed by atoms with E-state index < -0.39 is 22.6 Å². The lowest BCUT2D eigenvalue weighted by atomic mass is 9.71. The Morgan fingerprint density at radius 3 is 2.70 bits per heavy atom. The second-order valence-corrected chi connectivity index (χ2v) is 13.8. The molecule has 40 heavy (non-hydrogen) atoms. The molecule has 3 aliphatic heterocycles. The van der Waals surface area contributed by atoms with Crippen LogP contribution in [0.4, 0.5) is 5.69 Å². The Labute approximate surface area is 254 Å². The molecule has 1 N–H and O–H groups in total. The van der Waals surface area contributed by atoms with Gasteiger partial charge in [0, 0.05) is 29.8 Å². The largest absolute Gasteiger partial charge is 0.465 e. The van der Waals surface area contributed by atoms with Crippen LogP contribution in [0.25, 0.3) is 0 Å². The Kier molecular flexibility index (Phi) is 10.5. The van der Waals surface area contributed by atoms with E-state index in [1.165, 1.54) is 0 Å². The average molecular weight is 654 g/mol. The molecule has 3 saturated heterocycles. The van der Waals surface area contributed by atoms with E-state index in [0.717, 1.165) is 18.4 Å². The molecular weight excluding hydrogens is 616 g/mol. The van der Waals surface area contributed by atoms with Gasteiger partial charge in [-0.2, -0.15) is 0 Å². The summed E-state index contributed by atoms with van der Waals surface area (Å²) in [6.07, 6.45) is 7.55. The van der Waals surface area contributed by atoms with Gasteiger partial charge in [-0.05, 0) is 44.2 Å². The van der Waals surface area contributed by atoms with Crippen LogP contribution in [0.1, 0.15) is 44.1 Å². The number of fused-ring (bicyclic) bond motifs is 1. The number of unbranched alkanes of at least 4 members (excludes halogenated alkanes) is 3. The molecule has 3 unspecified atom stereocenters. The first-order valence-corrected chi connectivity index (χ1v) is 16.1. The van der Waals surface area contributed by atoms with E-state index in [0.29, 0.717) is 42.9 Å². The molecule has 1 aromatic rings. The smallest absolute Gasteiger partial charge is 0.310 e. The summed E-state index contributed by atoms with van der Waals surface area (Å²) >= 11 is 12.0. The number of hydrogen-bond donors (Lipinski definition) is 1. The number of aliphatic hydroxyl groups is 1. The minimum Gasteiger partial charge on any atom is -0.465 e. The van der Waals surface area contributed by atoms with Crippen LogP contribution in [0, 0.1) is 18.8 Å². The second-order valence-electron chi connectivity index (χ2n) is 10.7. The van der Waals surface area contributed by atoms with Gasteiger partial charge in [0.05, 0.1) is 33.9 Å². The number of esters is 1. The van der Waals surface area contributed by atoms with Gasteiger partial charge in [0.15, 0.2) is 0 Å². The van der Waals surface area contributed by atoms with E-state index in [4.69, 9.17) is 16.3 Å². The van der Waals surface area contributed by atoms with Crippen molar-refractivity contribution in [1.82, 2.24) is 4.90 Å². The SMILES string of the molecule is C=CCCOC(=O)[C@H]1[C@@H]2SC3(CC2Br)C(C(=O)N(CC=C)c2c(C)cccc2Cl)N(CCCCCCO)C(=O)[C@H]13. The molecule has 2 bridgehead atoms. The molecule has 3 fully saturated rings. The molecule has 0 aliphatic carbocycles. The fourth-order valence-corrected chi connectivity index (χ4v) is 10.5. The number of aryl methyl sites for hydroxylation is 1. The molecule has 0 radical (unpaired) electrons. The zero-order valence-electron chi connectivity index (χ0n) is 22.9. The number of carbonyl (C=O) groups excluding carboxylic acids is 3. The molecule has 3 aliphatic rings. The van der Waals surface area contributed by atoms with E-state index in [2.05, 4.69) is 29.1 Å². The number of amides is 2. The third kappa shape index (κ3) is 5.63. The van der Waals surface area contributed by atoms with Gasteiger partial charge >= 0.3 is 5.97 Å². The number of aliphatic hydroxyl groups excluding tert-OH is 1. The van der Waals surface area contributed by atoms with Gasteiger partial charge < -0.3 is 19.6 Å². The van der Waals surface area contributed by atoms with Crippen molar-refractivity contribution >= 4 is 62.8 Å². The Morgan fingerprint density at radius 1 is 1.27 bits per heavy atom. The van der Waals surface area contributed by atoms with Gasteiger partial charge in [-0.25, -0.2) is 0 Å². The third-order valence-corrected chi connectivity index (χ3v) is 11.7. The number of para-hydroxylation sites is 1. The number of nitrogens with zero attached hydrogens (tertiary/aromatic N) is 2. The number of likely N-dealkylation sites (tertiary alicyclic amines) is 1. The summed E-state index contributed by atoms with van der Waals surface area (Å²) in [5, 5.41) is 9.46. The fraction of sp³-hybridized carbons (Fsp3) is 0.567. The number of hydrogen-bond acceptors (Lipinski definition) is 6. The van der Waals surface area contributed by atoms with Crippen molar-refractivity contribution in [1.29, 1.82) is 0 Å². The summed E-state index contributed by atoms with van der Waals surface area (Å²) in [5.74, 6) is -2.03. The van der Waals surface area contributed by atoms with Crippen molar-refractivity contribution in [3.63, 3.8) is 0 Å². The van der Waals surface area contributed by atoms with Crippen molar-refractivity contribution in [2.75, 3.05) is 31.2 Å². The van der Waals surface area contributed by atoms with Crippen LogP contribution in [0.3, 0.4) is 0 Å². The molecule has 3 heterocycles. The lowest BCUT2D eigenvalue weighted by molar-refractivity contribution is -0.154. The Hall–Kier alpha value is -1.81. The van der Waals surface area contributed by atoms with E-state index >= 15 is 0 Å². The van der Waals surface area contributed by atoms with E-state index in [9.17, 15) is 19.5 Å². The van der Waals surface area contributed by atoms with Crippen molar-refractivity contribution in [2.45, 2.75) is 66.3 Å². The maximum absolute atomic E-state index is 14.7. The molecule has 7 nitrogen and oxygen atoms in total. The maximum Gasteiger partial charge on any atom is 0.310 e. The van der Waals surface area contributed by atoms with Gasteiger partial charge in [0.2, 0.25) is 5.91 Å². The number of ether oxygens (including phenoxy) is 1. The van der Waals surface area contributed by atoms with E-state index in [1.807, 2.05) is 19.1 Å². The van der Waals surface area contributed by atoms with Crippen LogP contribution in [0.2, 0.25) is 5.02 Å². The number of alkyl halides is 1. The minimum atomic E-state index is -0.769. The monoisotopic (exact) mass is 652 g/mol. The molecule has 2 amide bonds. The van der Waals surface area contributed by atoms with Crippen LogP contribution < -0.4 is 4.90 Å². The van der Waals surface area contributed by atoms with Gasteiger partial charge in [-0.15, -0.1) is 24.9 Å². The van der Waals surface area contributed by atoms with Crippen molar-refractivity contribution in [3.8, 4) is 0 Å². The molecular formula is C30H38BrClN2O5S. The number of benzene rings is 1. The van der Waals surface area contributed by atoms with Crippen molar-refractivity contribution in [2.24, 2.45) is 11.8 Å². The molecule has 0 aromatic heterocycles. The average Bonchev–Trinajstić information content (AvgIpc) is 3.51. The minimum absolute atomic E-state index is 0.0341. The van der Waals surface area contributed by atoms with Crippen molar-refractivity contribution in [3.05, 3.63) is 54.1 Å². The van der Waals surface area contributed by atoms with Crippen LogP contribution >= 0.6 is 39.3 Å². The molecule has 1 aromatic carbocycles. The highest BCUT2D eigenvalue weighted by molar-refractivity contribution is 9.09. The predicted molar refractivity (Wildman–Crippen MR) is 164 cm³/mol. The molecule has 10 heteroatoms. The molecule has 6 atom stereocenters. The van der Waals surface area contributed by atoms with Gasteiger partial charge in [-0.1, -0.05) is 64.7 Å². The summed E-state index contributed by atoms with van der Waals surface area (Å²) in [5.41, 5.74) is 1.46. The van der Waals surface area contributed by atoms with Crippen LogP contribution in [-0.4, -0.2) is 75.0 Å². The first-order chi connectivity index (χ1) is 19.2. The number of anilines is 1. The Balaban J connectivity index is 1.74.